The van der Waals surface area contributed by atoms with Crippen molar-refractivity contribution in [3.63, 3.8) is 0 Å². The summed E-state index contributed by atoms with van der Waals surface area (Å²) in [5.41, 5.74) is 0.778. The molecule has 6 nitrogen and oxygen atoms in total. The van der Waals surface area contributed by atoms with Crippen LogP contribution in [0.2, 0.25) is 0 Å². The zero-order chi connectivity index (χ0) is 14.7. The van der Waals surface area contributed by atoms with Crippen molar-refractivity contribution in [2.24, 2.45) is 5.92 Å². The Balaban J connectivity index is 1.99. The van der Waals surface area contributed by atoms with E-state index in [-0.39, 0.29) is 23.6 Å². The van der Waals surface area contributed by atoms with Crippen LogP contribution in [0.25, 0.3) is 0 Å². The molecule has 0 saturated heterocycles. The summed E-state index contributed by atoms with van der Waals surface area (Å²) < 4.78 is 0. The third-order valence-electron chi connectivity index (χ3n) is 3.73. The van der Waals surface area contributed by atoms with Crippen LogP contribution >= 0.6 is 0 Å². The van der Waals surface area contributed by atoms with E-state index in [2.05, 4.69) is 5.32 Å². The van der Waals surface area contributed by atoms with Crippen molar-refractivity contribution in [2.45, 2.75) is 32.3 Å². The number of benzene rings is 1. The molecule has 20 heavy (non-hydrogen) atoms. The number of hydrogen-bond donors (Lipinski definition) is 2. The monoisotopic (exact) mass is 278 g/mol. The van der Waals surface area contributed by atoms with Crippen LogP contribution in [0.4, 0.5) is 5.69 Å². The van der Waals surface area contributed by atoms with Crippen molar-refractivity contribution in [2.75, 3.05) is 6.54 Å². The largest absolute Gasteiger partial charge is 0.393 e. The minimum atomic E-state index is -0.487. The first-order chi connectivity index (χ1) is 9.47. The number of rotatable bonds is 4. The van der Waals surface area contributed by atoms with Gasteiger partial charge < -0.3 is 10.4 Å². The lowest BCUT2D eigenvalue weighted by Gasteiger charge is -2.11. The Labute approximate surface area is 117 Å². The summed E-state index contributed by atoms with van der Waals surface area (Å²) >= 11 is 0. The number of aliphatic hydroxyl groups is 1. The number of aliphatic hydroxyl groups excluding tert-OH is 1. The minimum Gasteiger partial charge on any atom is -0.393 e. The molecule has 1 aliphatic rings. The summed E-state index contributed by atoms with van der Waals surface area (Å²) in [6.45, 7) is 2.14. The smallest absolute Gasteiger partial charge is 0.273 e. The Bertz CT molecular complexity index is 530. The van der Waals surface area contributed by atoms with E-state index in [0.29, 0.717) is 24.1 Å². The maximum Gasteiger partial charge on any atom is 0.273 e. The van der Waals surface area contributed by atoms with Gasteiger partial charge in [-0.1, -0.05) is 6.07 Å². The molecule has 6 heteroatoms. The van der Waals surface area contributed by atoms with Gasteiger partial charge in [0.05, 0.1) is 11.0 Å². The topological polar surface area (TPSA) is 92.5 Å². The molecule has 1 saturated carbocycles. The second-order valence-electron chi connectivity index (χ2n) is 5.30. The number of carbonyl (C=O) groups is 1. The molecule has 2 rings (SSSR count). The molecule has 1 aromatic carbocycles. The molecule has 108 valence electrons. The van der Waals surface area contributed by atoms with Gasteiger partial charge in [0.15, 0.2) is 0 Å². The lowest BCUT2D eigenvalue weighted by molar-refractivity contribution is -0.385. The maximum atomic E-state index is 12.0. The van der Waals surface area contributed by atoms with Crippen LogP contribution < -0.4 is 5.32 Å². The van der Waals surface area contributed by atoms with Gasteiger partial charge in [0, 0.05) is 23.7 Å². The van der Waals surface area contributed by atoms with Gasteiger partial charge in [-0.25, -0.2) is 0 Å². The minimum absolute atomic E-state index is 0.0473. The molecular formula is C14H18N2O4. The number of carbonyl (C=O) groups excluding carboxylic acids is 1. The van der Waals surface area contributed by atoms with Crippen LogP contribution in [0.5, 0.6) is 0 Å². The van der Waals surface area contributed by atoms with E-state index in [9.17, 15) is 20.0 Å². The van der Waals surface area contributed by atoms with Crippen molar-refractivity contribution in [3.8, 4) is 0 Å². The van der Waals surface area contributed by atoms with E-state index < -0.39 is 4.92 Å². The summed E-state index contributed by atoms with van der Waals surface area (Å²) in [4.78, 5) is 22.3. The summed E-state index contributed by atoms with van der Waals surface area (Å²) in [7, 11) is 0. The Hall–Kier alpha value is -1.95. The van der Waals surface area contributed by atoms with E-state index in [1.54, 1.807) is 19.1 Å². The second kappa shape index (κ2) is 6.00. The highest BCUT2D eigenvalue weighted by molar-refractivity contribution is 5.94. The first-order valence-corrected chi connectivity index (χ1v) is 6.68. The highest BCUT2D eigenvalue weighted by atomic mass is 16.6. The van der Waals surface area contributed by atoms with Crippen LogP contribution in [-0.2, 0) is 0 Å². The van der Waals surface area contributed by atoms with Gasteiger partial charge in [-0.15, -0.1) is 0 Å². The zero-order valence-corrected chi connectivity index (χ0v) is 11.3. The highest BCUT2D eigenvalue weighted by Crippen LogP contribution is 2.25. The van der Waals surface area contributed by atoms with Gasteiger partial charge in [-0.2, -0.15) is 0 Å². The molecule has 0 radical (unpaired) electrons. The molecular weight excluding hydrogens is 260 g/mol. The molecule has 1 amide bonds. The first-order valence-electron chi connectivity index (χ1n) is 6.68. The molecule has 2 atom stereocenters. The lowest BCUT2D eigenvalue weighted by atomic mass is 10.1. The van der Waals surface area contributed by atoms with Crippen molar-refractivity contribution >= 4 is 11.6 Å². The first kappa shape index (κ1) is 14.5. The van der Waals surface area contributed by atoms with Gasteiger partial charge >= 0.3 is 0 Å². The van der Waals surface area contributed by atoms with Crippen molar-refractivity contribution in [1.82, 2.24) is 5.32 Å². The third-order valence-corrected chi connectivity index (χ3v) is 3.73. The molecule has 2 N–H and O–H groups in total. The Morgan fingerprint density at radius 2 is 2.25 bits per heavy atom. The highest BCUT2D eigenvalue weighted by Gasteiger charge is 2.23. The van der Waals surface area contributed by atoms with E-state index in [4.69, 9.17) is 0 Å². The number of hydrogen-bond acceptors (Lipinski definition) is 4. The van der Waals surface area contributed by atoms with Crippen LogP contribution in [0.1, 0.15) is 35.2 Å². The van der Waals surface area contributed by atoms with Gasteiger partial charge in [-0.3, -0.25) is 14.9 Å². The SMILES string of the molecule is Cc1ccc(C(=O)NCC2CCC(O)C2)cc1[N+](=O)[O-]. The van der Waals surface area contributed by atoms with Gasteiger partial charge in [-0.05, 0) is 38.2 Å². The van der Waals surface area contributed by atoms with E-state index in [1.165, 1.54) is 6.07 Å². The Morgan fingerprint density at radius 3 is 2.85 bits per heavy atom. The third kappa shape index (κ3) is 3.33. The summed E-state index contributed by atoms with van der Waals surface area (Å²) in [5, 5.41) is 23.0. The number of nitrogens with zero attached hydrogens (tertiary/aromatic N) is 1. The van der Waals surface area contributed by atoms with Gasteiger partial charge in [0.1, 0.15) is 0 Å². The maximum absolute atomic E-state index is 12.0. The fourth-order valence-electron chi connectivity index (χ4n) is 2.52. The van der Waals surface area contributed by atoms with Crippen molar-refractivity contribution < 1.29 is 14.8 Å². The average molecular weight is 278 g/mol. The fraction of sp³-hybridized carbons (Fsp3) is 0.500. The van der Waals surface area contributed by atoms with Crippen LogP contribution in [0, 0.1) is 23.0 Å². The van der Waals surface area contributed by atoms with Gasteiger partial charge in [0.25, 0.3) is 11.6 Å². The lowest BCUT2D eigenvalue weighted by Crippen LogP contribution is -2.28. The summed E-state index contributed by atoms with van der Waals surface area (Å²) in [5.74, 6) is -0.0242. The quantitative estimate of drug-likeness (QED) is 0.648. The molecule has 1 fully saturated rings. The molecule has 0 aromatic heterocycles. The van der Waals surface area contributed by atoms with Crippen LogP contribution in [-0.4, -0.2) is 28.6 Å². The summed E-state index contributed by atoms with van der Waals surface area (Å²) in [6, 6.07) is 4.46. The standard InChI is InChI=1S/C14H18N2O4/c1-9-2-4-11(7-13(9)16(19)20)14(18)15-8-10-3-5-12(17)6-10/h2,4,7,10,12,17H,3,5-6,8H2,1H3,(H,15,18). The number of aryl methyl sites for hydroxylation is 1. The molecule has 0 spiro atoms. The molecule has 0 bridgehead atoms. The summed E-state index contributed by atoms with van der Waals surface area (Å²) in [6.07, 6.45) is 2.11. The molecule has 0 aliphatic heterocycles. The van der Waals surface area contributed by atoms with E-state index >= 15 is 0 Å². The predicted octanol–water partition coefficient (Wildman–Crippen LogP) is 1.79. The number of amides is 1. The molecule has 1 aliphatic carbocycles. The predicted molar refractivity (Wildman–Crippen MR) is 73.5 cm³/mol. The number of nitro groups is 1. The van der Waals surface area contributed by atoms with Crippen LogP contribution in [0.3, 0.4) is 0 Å². The molecule has 1 aromatic rings. The number of nitrogens with one attached hydrogen (secondary N) is 1. The molecule has 0 heterocycles. The zero-order valence-electron chi connectivity index (χ0n) is 11.3. The Morgan fingerprint density at radius 1 is 1.50 bits per heavy atom. The number of nitro benzene ring substituents is 1. The second-order valence-corrected chi connectivity index (χ2v) is 5.30. The van der Waals surface area contributed by atoms with E-state index in [0.717, 1.165) is 12.8 Å². The van der Waals surface area contributed by atoms with Gasteiger partial charge in [0.2, 0.25) is 0 Å². The van der Waals surface area contributed by atoms with Crippen molar-refractivity contribution in [3.05, 3.63) is 39.4 Å². The van der Waals surface area contributed by atoms with Crippen molar-refractivity contribution in [1.29, 1.82) is 0 Å². The van der Waals surface area contributed by atoms with Crippen LogP contribution in [0.15, 0.2) is 18.2 Å². The van der Waals surface area contributed by atoms with E-state index in [1.807, 2.05) is 0 Å². The normalized spacial score (nSPS) is 21.7. The average Bonchev–Trinajstić information content (AvgIpc) is 2.82. The fourth-order valence-corrected chi connectivity index (χ4v) is 2.52. The Kier molecular flexibility index (Phi) is 4.34. The molecule has 2 unspecified atom stereocenters.